The van der Waals surface area contributed by atoms with Crippen LogP contribution in [0.3, 0.4) is 0 Å². The van der Waals surface area contributed by atoms with Crippen molar-refractivity contribution >= 4 is 29.0 Å². The van der Waals surface area contributed by atoms with E-state index in [1.165, 1.54) is 17.4 Å². The Morgan fingerprint density at radius 2 is 2.16 bits per heavy atom. The minimum atomic E-state index is -0.262. The molecule has 0 saturated carbocycles. The van der Waals surface area contributed by atoms with Crippen molar-refractivity contribution in [3.63, 3.8) is 0 Å². The van der Waals surface area contributed by atoms with Gasteiger partial charge in [-0.1, -0.05) is 12.1 Å². The number of nitrogens with zero attached hydrogens (tertiary/aromatic N) is 1. The van der Waals surface area contributed by atoms with Crippen LogP contribution in [-0.2, 0) is 17.8 Å². The number of aromatic nitrogens is 1. The molecular formula is C24H24N2O4S. The van der Waals surface area contributed by atoms with E-state index in [2.05, 4.69) is 10.3 Å². The monoisotopic (exact) mass is 436 g/mol. The van der Waals surface area contributed by atoms with Crippen LogP contribution in [0, 0.1) is 0 Å². The maximum Gasteiger partial charge on any atom is 0.248 e. The van der Waals surface area contributed by atoms with E-state index in [1.54, 1.807) is 17.7 Å². The van der Waals surface area contributed by atoms with E-state index in [1.807, 2.05) is 49.6 Å². The number of carbonyl (C=O) groups is 1. The van der Waals surface area contributed by atoms with Crippen molar-refractivity contribution in [1.82, 2.24) is 4.98 Å². The highest BCUT2D eigenvalue weighted by Crippen LogP contribution is 2.35. The smallest absolute Gasteiger partial charge is 0.248 e. The zero-order valence-electron chi connectivity index (χ0n) is 17.5. The molecule has 1 N–H and O–H groups in total. The molecule has 1 aliphatic rings. The highest BCUT2D eigenvalue weighted by atomic mass is 32.1. The van der Waals surface area contributed by atoms with Gasteiger partial charge < -0.3 is 19.5 Å². The van der Waals surface area contributed by atoms with Gasteiger partial charge in [0.1, 0.15) is 30.0 Å². The lowest BCUT2D eigenvalue weighted by molar-refractivity contribution is -0.111. The Balaban J connectivity index is 1.46. The van der Waals surface area contributed by atoms with Crippen LogP contribution in [-0.4, -0.2) is 23.6 Å². The summed E-state index contributed by atoms with van der Waals surface area (Å²) in [7, 11) is 0. The molecule has 4 rings (SSSR count). The Bertz CT molecular complexity index is 1080. The fourth-order valence-electron chi connectivity index (χ4n) is 3.36. The molecule has 1 unspecified atom stereocenters. The van der Waals surface area contributed by atoms with Crippen molar-refractivity contribution in [3.8, 4) is 17.2 Å². The van der Waals surface area contributed by atoms with Crippen LogP contribution >= 0.6 is 11.3 Å². The van der Waals surface area contributed by atoms with E-state index in [0.29, 0.717) is 24.7 Å². The van der Waals surface area contributed by atoms with E-state index >= 15 is 0 Å². The molecule has 6 nitrogen and oxygen atoms in total. The number of carbonyl (C=O) groups excluding carboxylic acids is 1. The predicted molar refractivity (Wildman–Crippen MR) is 122 cm³/mol. The van der Waals surface area contributed by atoms with Crippen LogP contribution in [0.4, 0.5) is 5.69 Å². The SMILES string of the molecule is CCOc1cc2c(cc1/C=C/C(=O)Nc1ccccc1OCc1cscn1)OC(C)C2. The van der Waals surface area contributed by atoms with Crippen molar-refractivity contribution in [2.75, 3.05) is 11.9 Å². The Morgan fingerprint density at radius 1 is 1.29 bits per heavy atom. The molecule has 160 valence electrons. The zero-order valence-corrected chi connectivity index (χ0v) is 18.3. The number of benzene rings is 2. The zero-order chi connectivity index (χ0) is 21.6. The summed E-state index contributed by atoms with van der Waals surface area (Å²) in [6, 6.07) is 11.3. The number of amides is 1. The standard InChI is InChI=1S/C24H24N2O4S/c1-3-28-22-12-18-10-16(2)30-23(18)11-17(22)8-9-24(27)26-20-6-4-5-7-21(20)29-13-19-14-31-15-25-19/h4-9,11-12,14-16H,3,10,13H2,1-2H3,(H,26,27)/b9-8+. The highest BCUT2D eigenvalue weighted by molar-refractivity contribution is 7.07. The topological polar surface area (TPSA) is 69.7 Å². The third-order valence-corrected chi connectivity index (χ3v) is 5.38. The summed E-state index contributed by atoms with van der Waals surface area (Å²) >= 11 is 1.52. The molecule has 2 aromatic carbocycles. The fraction of sp³-hybridized carbons (Fsp3) is 0.250. The van der Waals surface area contributed by atoms with Gasteiger partial charge >= 0.3 is 0 Å². The summed E-state index contributed by atoms with van der Waals surface area (Å²) in [4.78, 5) is 16.8. The first-order chi connectivity index (χ1) is 15.1. The maximum absolute atomic E-state index is 12.6. The second kappa shape index (κ2) is 9.66. The number of hydrogen-bond acceptors (Lipinski definition) is 6. The highest BCUT2D eigenvalue weighted by Gasteiger charge is 2.21. The van der Waals surface area contributed by atoms with Gasteiger partial charge in [0.2, 0.25) is 5.91 Å². The molecule has 2 heterocycles. The maximum atomic E-state index is 12.6. The second-order valence-electron chi connectivity index (χ2n) is 7.15. The lowest BCUT2D eigenvalue weighted by Gasteiger charge is -2.11. The summed E-state index contributed by atoms with van der Waals surface area (Å²) in [5.74, 6) is 1.92. The number of para-hydroxylation sites is 2. The molecule has 3 aromatic rings. The van der Waals surface area contributed by atoms with Crippen molar-refractivity contribution < 1.29 is 19.0 Å². The largest absolute Gasteiger partial charge is 0.493 e. The molecule has 0 saturated heterocycles. The number of ether oxygens (including phenoxy) is 3. The summed E-state index contributed by atoms with van der Waals surface area (Å²) in [5, 5.41) is 4.81. The molecule has 1 atom stereocenters. The summed E-state index contributed by atoms with van der Waals surface area (Å²) in [6.45, 7) is 4.87. The molecule has 7 heteroatoms. The van der Waals surface area contributed by atoms with Gasteiger partial charge in [-0.2, -0.15) is 0 Å². The van der Waals surface area contributed by atoms with E-state index in [-0.39, 0.29) is 12.0 Å². The third-order valence-electron chi connectivity index (χ3n) is 4.75. The van der Waals surface area contributed by atoms with Crippen LogP contribution in [0.5, 0.6) is 17.2 Å². The van der Waals surface area contributed by atoms with Crippen LogP contribution in [0.1, 0.15) is 30.7 Å². The van der Waals surface area contributed by atoms with Gasteiger partial charge in [-0.15, -0.1) is 11.3 Å². The normalized spacial score (nSPS) is 14.8. The van der Waals surface area contributed by atoms with E-state index in [9.17, 15) is 4.79 Å². The predicted octanol–water partition coefficient (Wildman–Crippen LogP) is 5.10. The Kier molecular flexibility index (Phi) is 6.52. The van der Waals surface area contributed by atoms with Crippen LogP contribution in [0.15, 0.2) is 53.4 Å². The first kappa shape index (κ1) is 20.9. The van der Waals surface area contributed by atoms with Crippen LogP contribution in [0.2, 0.25) is 0 Å². The summed E-state index contributed by atoms with van der Waals surface area (Å²) in [5.41, 5.74) is 5.14. The van der Waals surface area contributed by atoms with Gasteiger partial charge in [0.25, 0.3) is 0 Å². The third kappa shape index (κ3) is 5.24. The van der Waals surface area contributed by atoms with Gasteiger partial charge in [-0.25, -0.2) is 4.98 Å². The van der Waals surface area contributed by atoms with Gasteiger partial charge in [-0.05, 0) is 44.2 Å². The van der Waals surface area contributed by atoms with Crippen molar-refractivity contribution in [1.29, 1.82) is 0 Å². The lowest BCUT2D eigenvalue weighted by Crippen LogP contribution is -2.09. The Hall–Kier alpha value is -3.32. The Morgan fingerprint density at radius 3 is 2.97 bits per heavy atom. The number of rotatable bonds is 8. The van der Waals surface area contributed by atoms with Gasteiger partial charge in [-0.3, -0.25) is 4.79 Å². The molecule has 0 spiro atoms. The van der Waals surface area contributed by atoms with Crippen molar-refractivity contribution in [3.05, 3.63) is 70.2 Å². The first-order valence-electron chi connectivity index (χ1n) is 10.2. The molecule has 1 amide bonds. The average Bonchev–Trinajstić information content (AvgIpc) is 3.40. The Labute approximate surface area is 185 Å². The van der Waals surface area contributed by atoms with Crippen molar-refractivity contribution in [2.45, 2.75) is 33.0 Å². The second-order valence-corrected chi connectivity index (χ2v) is 7.87. The molecule has 1 aromatic heterocycles. The molecule has 0 aliphatic carbocycles. The van der Waals surface area contributed by atoms with E-state index in [4.69, 9.17) is 14.2 Å². The number of nitrogens with one attached hydrogen (secondary N) is 1. The fourth-order valence-corrected chi connectivity index (χ4v) is 3.91. The minimum Gasteiger partial charge on any atom is -0.493 e. The molecule has 0 bridgehead atoms. The molecule has 31 heavy (non-hydrogen) atoms. The molecule has 0 fully saturated rings. The van der Waals surface area contributed by atoms with E-state index < -0.39 is 0 Å². The summed E-state index contributed by atoms with van der Waals surface area (Å²) < 4.78 is 17.4. The van der Waals surface area contributed by atoms with Gasteiger partial charge in [0.15, 0.2) is 0 Å². The minimum absolute atomic E-state index is 0.146. The first-order valence-corrected chi connectivity index (χ1v) is 11.1. The quantitative estimate of drug-likeness (QED) is 0.498. The average molecular weight is 437 g/mol. The summed E-state index contributed by atoms with van der Waals surface area (Å²) in [6.07, 6.45) is 4.23. The van der Waals surface area contributed by atoms with Gasteiger partial charge in [0, 0.05) is 29.0 Å². The number of thiazole rings is 1. The number of anilines is 1. The van der Waals surface area contributed by atoms with Gasteiger partial charge in [0.05, 0.1) is 23.5 Å². The van der Waals surface area contributed by atoms with Crippen LogP contribution < -0.4 is 19.5 Å². The van der Waals surface area contributed by atoms with Crippen molar-refractivity contribution in [2.24, 2.45) is 0 Å². The van der Waals surface area contributed by atoms with E-state index in [0.717, 1.165) is 34.7 Å². The van der Waals surface area contributed by atoms with Crippen LogP contribution in [0.25, 0.3) is 6.08 Å². The lowest BCUT2D eigenvalue weighted by atomic mass is 10.1. The number of fused-ring (bicyclic) bond motifs is 1. The molecule has 1 aliphatic heterocycles. The molecule has 0 radical (unpaired) electrons. The number of hydrogen-bond donors (Lipinski definition) is 1. The molecular weight excluding hydrogens is 412 g/mol.